The van der Waals surface area contributed by atoms with Crippen molar-refractivity contribution in [1.29, 1.82) is 5.26 Å². The molecular formula is C20H17N3O2S. The van der Waals surface area contributed by atoms with Crippen LogP contribution in [0.25, 0.3) is 10.2 Å². The number of thiazole rings is 1. The summed E-state index contributed by atoms with van der Waals surface area (Å²) >= 11 is 1.63. The van der Waals surface area contributed by atoms with Crippen LogP contribution in [0.4, 0.5) is 5.13 Å². The van der Waals surface area contributed by atoms with E-state index in [1.54, 1.807) is 41.7 Å². The van der Waals surface area contributed by atoms with Gasteiger partial charge in [0.1, 0.15) is 5.75 Å². The van der Waals surface area contributed by atoms with E-state index in [9.17, 15) is 4.79 Å². The molecular weight excluding hydrogens is 346 g/mol. The van der Waals surface area contributed by atoms with Crippen LogP contribution < -0.4 is 9.64 Å². The molecule has 4 rings (SSSR count). The number of hydrogen-bond acceptors (Lipinski definition) is 6. The molecule has 0 spiro atoms. The van der Waals surface area contributed by atoms with Gasteiger partial charge in [0.2, 0.25) is 0 Å². The third kappa shape index (κ3) is 3.39. The van der Waals surface area contributed by atoms with Crippen molar-refractivity contribution >= 4 is 32.7 Å². The minimum absolute atomic E-state index is 0.419. The number of nitrogens with zero attached hydrogens (tertiary/aromatic N) is 3. The summed E-state index contributed by atoms with van der Waals surface area (Å²) in [5.74, 6) is 0.0651. The number of fused-ring (bicyclic) bond motifs is 1. The molecule has 2 aromatic carbocycles. The number of hydrogen-bond donors (Lipinski definition) is 0. The summed E-state index contributed by atoms with van der Waals surface area (Å²) in [4.78, 5) is 19.3. The SMILES string of the molecule is N#Cc1ccc(C(=O)Oc2ccc3nc(N4CCCCC4)sc3c2)cc1. The number of aromatic nitrogens is 1. The highest BCUT2D eigenvalue weighted by molar-refractivity contribution is 7.22. The number of piperidine rings is 1. The van der Waals surface area contributed by atoms with Gasteiger partial charge < -0.3 is 9.64 Å². The van der Waals surface area contributed by atoms with E-state index in [4.69, 9.17) is 15.0 Å². The number of ether oxygens (including phenoxy) is 1. The summed E-state index contributed by atoms with van der Waals surface area (Å²) in [7, 11) is 0. The standard InChI is InChI=1S/C20H17N3O2S/c21-13-14-4-6-15(7-5-14)19(24)25-16-8-9-17-18(12-16)26-20(22-17)23-10-2-1-3-11-23/h4-9,12H,1-3,10-11H2. The van der Waals surface area contributed by atoms with E-state index < -0.39 is 5.97 Å². The van der Waals surface area contributed by atoms with Crippen molar-refractivity contribution in [2.45, 2.75) is 19.3 Å². The van der Waals surface area contributed by atoms with Crippen molar-refractivity contribution in [3.05, 3.63) is 53.6 Å². The van der Waals surface area contributed by atoms with Crippen LogP contribution in [0.1, 0.15) is 35.2 Å². The van der Waals surface area contributed by atoms with Crippen molar-refractivity contribution in [3.8, 4) is 11.8 Å². The van der Waals surface area contributed by atoms with Crippen molar-refractivity contribution in [1.82, 2.24) is 4.98 Å². The van der Waals surface area contributed by atoms with Gasteiger partial charge in [0.05, 0.1) is 27.4 Å². The molecule has 1 saturated heterocycles. The zero-order chi connectivity index (χ0) is 17.9. The fourth-order valence-electron chi connectivity index (χ4n) is 3.02. The molecule has 0 radical (unpaired) electrons. The Kier molecular flexibility index (Phi) is 4.55. The van der Waals surface area contributed by atoms with Crippen molar-refractivity contribution in [3.63, 3.8) is 0 Å². The van der Waals surface area contributed by atoms with Gasteiger partial charge in [-0.1, -0.05) is 11.3 Å². The van der Waals surface area contributed by atoms with Gasteiger partial charge in [0.25, 0.3) is 0 Å². The lowest BCUT2D eigenvalue weighted by atomic mass is 10.1. The second-order valence-electron chi connectivity index (χ2n) is 6.25. The number of carbonyl (C=O) groups is 1. The molecule has 1 fully saturated rings. The van der Waals surface area contributed by atoms with Crippen LogP contribution in [0.3, 0.4) is 0 Å². The average molecular weight is 363 g/mol. The highest BCUT2D eigenvalue weighted by Crippen LogP contribution is 2.32. The Balaban J connectivity index is 1.53. The zero-order valence-corrected chi connectivity index (χ0v) is 15.0. The van der Waals surface area contributed by atoms with Crippen LogP contribution >= 0.6 is 11.3 Å². The second kappa shape index (κ2) is 7.14. The molecule has 3 aromatic rings. The Morgan fingerprint density at radius 1 is 1.12 bits per heavy atom. The van der Waals surface area contributed by atoms with E-state index in [1.807, 2.05) is 18.2 Å². The highest BCUT2D eigenvalue weighted by Gasteiger charge is 2.16. The maximum Gasteiger partial charge on any atom is 0.343 e. The number of rotatable bonds is 3. The molecule has 1 aliphatic rings. The van der Waals surface area contributed by atoms with Gasteiger partial charge >= 0.3 is 5.97 Å². The quantitative estimate of drug-likeness (QED) is 0.510. The first-order chi connectivity index (χ1) is 12.7. The first-order valence-corrected chi connectivity index (χ1v) is 9.42. The number of anilines is 1. The zero-order valence-electron chi connectivity index (χ0n) is 14.1. The van der Waals surface area contributed by atoms with Crippen LogP contribution in [0, 0.1) is 11.3 Å². The smallest absolute Gasteiger partial charge is 0.343 e. The largest absolute Gasteiger partial charge is 0.423 e. The van der Waals surface area contributed by atoms with Crippen LogP contribution in [0.2, 0.25) is 0 Å². The summed E-state index contributed by atoms with van der Waals surface area (Å²) in [6.45, 7) is 2.11. The molecule has 0 N–H and O–H groups in total. The lowest BCUT2D eigenvalue weighted by Crippen LogP contribution is -2.29. The summed E-state index contributed by atoms with van der Waals surface area (Å²) in [6, 6.07) is 14.0. The second-order valence-corrected chi connectivity index (χ2v) is 7.26. The number of benzene rings is 2. The van der Waals surface area contributed by atoms with Crippen LogP contribution in [-0.4, -0.2) is 24.0 Å². The number of carbonyl (C=O) groups excluding carboxylic acids is 1. The monoisotopic (exact) mass is 363 g/mol. The maximum atomic E-state index is 12.3. The van der Waals surface area contributed by atoms with E-state index >= 15 is 0 Å². The Bertz CT molecular complexity index is 982. The molecule has 26 heavy (non-hydrogen) atoms. The van der Waals surface area contributed by atoms with Gasteiger partial charge in [-0.05, 0) is 55.7 Å². The van der Waals surface area contributed by atoms with Crippen LogP contribution in [0.5, 0.6) is 5.75 Å². The van der Waals surface area contributed by atoms with Crippen molar-refractivity contribution in [2.24, 2.45) is 0 Å². The van der Waals surface area contributed by atoms with Gasteiger partial charge in [-0.3, -0.25) is 0 Å². The molecule has 1 aliphatic heterocycles. The molecule has 0 bridgehead atoms. The van der Waals surface area contributed by atoms with Gasteiger partial charge in [-0.25, -0.2) is 9.78 Å². The molecule has 0 aliphatic carbocycles. The van der Waals surface area contributed by atoms with Gasteiger partial charge in [0.15, 0.2) is 5.13 Å². The van der Waals surface area contributed by atoms with Gasteiger partial charge in [-0.15, -0.1) is 0 Å². The van der Waals surface area contributed by atoms with E-state index in [2.05, 4.69) is 4.90 Å². The summed E-state index contributed by atoms with van der Waals surface area (Å²) in [5, 5.41) is 9.86. The van der Waals surface area contributed by atoms with Crippen LogP contribution in [0.15, 0.2) is 42.5 Å². The topological polar surface area (TPSA) is 66.2 Å². The molecule has 2 heterocycles. The average Bonchev–Trinajstić information content (AvgIpc) is 3.12. The Morgan fingerprint density at radius 3 is 2.62 bits per heavy atom. The molecule has 6 heteroatoms. The Morgan fingerprint density at radius 2 is 1.88 bits per heavy atom. The summed E-state index contributed by atoms with van der Waals surface area (Å²) < 4.78 is 6.49. The predicted molar refractivity (Wildman–Crippen MR) is 102 cm³/mol. The van der Waals surface area contributed by atoms with Gasteiger partial charge in [0, 0.05) is 19.2 Å². The molecule has 0 saturated carbocycles. The highest BCUT2D eigenvalue weighted by atomic mass is 32.1. The van der Waals surface area contributed by atoms with Crippen molar-refractivity contribution < 1.29 is 9.53 Å². The lowest BCUT2D eigenvalue weighted by Gasteiger charge is -2.25. The molecule has 5 nitrogen and oxygen atoms in total. The van der Waals surface area contributed by atoms with E-state index in [0.717, 1.165) is 28.4 Å². The minimum Gasteiger partial charge on any atom is -0.423 e. The fraction of sp³-hybridized carbons (Fsp3) is 0.250. The third-order valence-electron chi connectivity index (χ3n) is 4.44. The fourth-order valence-corrected chi connectivity index (χ4v) is 4.07. The Hall–Kier alpha value is -2.91. The van der Waals surface area contributed by atoms with E-state index in [0.29, 0.717) is 16.9 Å². The molecule has 130 valence electrons. The van der Waals surface area contributed by atoms with Gasteiger partial charge in [-0.2, -0.15) is 5.26 Å². The van der Waals surface area contributed by atoms with Crippen molar-refractivity contribution in [2.75, 3.05) is 18.0 Å². The van der Waals surface area contributed by atoms with E-state index in [1.165, 1.54) is 19.3 Å². The van der Waals surface area contributed by atoms with Crippen LogP contribution in [-0.2, 0) is 0 Å². The predicted octanol–water partition coefficient (Wildman–Crippen LogP) is 4.38. The lowest BCUT2D eigenvalue weighted by molar-refractivity contribution is 0.0735. The summed E-state index contributed by atoms with van der Waals surface area (Å²) in [6.07, 6.45) is 3.71. The third-order valence-corrected chi connectivity index (χ3v) is 5.51. The first-order valence-electron chi connectivity index (χ1n) is 8.61. The summed E-state index contributed by atoms with van der Waals surface area (Å²) in [5.41, 5.74) is 1.86. The minimum atomic E-state index is -0.436. The first kappa shape index (κ1) is 16.6. The number of esters is 1. The normalized spacial score (nSPS) is 14.2. The number of nitriles is 1. The Labute approximate surface area is 155 Å². The van der Waals surface area contributed by atoms with E-state index in [-0.39, 0.29) is 0 Å². The molecule has 0 amide bonds. The molecule has 1 aromatic heterocycles. The molecule has 0 atom stereocenters. The molecule has 0 unspecified atom stereocenters. The maximum absolute atomic E-state index is 12.3.